The molecule has 1 aliphatic rings. The van der Waals surface area contributed by atoms with Gasteiger partial charge < -0.3 is 5.73 Å². The molecule has 0 amide bonds. The summed E-state index contributed by atoms with van der Waals surface area (Å²) in [4.78, 5) is 3.93. The van der Waals surface area contributed by atoms with Gasteiger partial charge in [0.1, 0.15) is 0 Å². The average molecular weight is 228 g/mol. The second-order valence-corrected chi connectivity index (χ2v) is 5.62. The van der Waals surface area contributed by atoms with E-state index in [0.717, 1.165) is 6.54 Å². The second-order valence-electron chi connectivity index (χ2n) is 3.42. The quantitative estimate of drug-likeness (QED) is 0.855. The summed E-state index contributed by atoms with van der Waals surface area (Å²) in [5.74, 6) is 2.50. The van der Waals surface area contributed by atoms with Gasteiger partial charge in [-0.15, -0.1) is 11.3 Å². The first kappa shape index (κ1) is 10.5. The van der Waals surface area contributed by atoms with Crippen molar-refractivity contribution in [1.29, 1.82) is 0 Å². The summed E-state index contributed by atoms with van der Waals surface area (Å²) in [7, 11) is 0. The van der Waals surface area contributed by atoms with Gasteiger partial charge in [0.2, 0.25) is 0 Å². The van der Waals surface area contributed by atoms with Crippen LogP contribution in [-0.4, -0.2) is 36.0 Å². The number of thioether (sulfide) groups is 1. The molecule has 2 N–H and O–H groups in total. The van der Waals surface area contributed by atoms with E-state index >= 15 is 0 Å². The molecule has 78 valence electrons. The lowest BCUT2D eigenvalue weighted by atomic mass is 10.2. The zero-order chi connectivity index (χ0) is 9.80. The van der Waals surface area contributed by atoms with Crippen LogP contribution in [0.15, 0.2) is 17.5 Å². The molecule has 1 fully saturated rings. The highest BCUT2D eigenvalue weighted by Crippen LogP contribution is 2.26. The summed E-state index contributed by atoms with van der Waals surface area (Å²) < 4.78 is 0. The fraction of sp³-hybridized carbons (Fsp3) is 0.600. The second kappa shape index (κ2) is 5.16. The maximum Gasteiger partial charge on any atom is 0.0564 e. The van der Waals surface area contributed by atoms with E-state index < -0.39 is 0 Å². The SMILES string of the molecule is NCC(c1cccs1)N1CCSCC1. The summed E-state index contributed by atoms with van der Waals surface area (Å²) >= 11 is 3.87. The third-order valence-electron chi connectivity index (χ3n) is 2.58. The number of thiophene rings is 1. The van der Waals surface area contributed by atoms with E-state index in [1.807, 2.05) is 23.1 Å². The molecule has 1 saturated heterocycles. The molecule has 1 aromatic heterocycles. The van der Waals surface area contributed by atoms with Gasteiger partial charge in [-0.25, -0.2) is 0 Å². The zero-order valence-electron chi connectivity index (χ0n) is 8.19. The van der Waals surface area contributed by atoms with Crippen molar-refractivity contribution in [3.63, 3.8) is 0 Å². The molecule has 1 aliphatic heterocycles. The van der Waals surface area contributed by atoms with E-state index in [1.165, 1.54) is 29.5 Å². The van der Waals surface area contributed by atoms with Crippen molar-refractivity contribution < 1.29 is 0 Å². The smallest absolute Gasteiger partial charge is 0.0564 e. The van der Waals surface area contributed by atoms with Crippen molar-refractivity contribution in [3.8, 4) is 0 Å². The van der Waals surface area contributed by atoms with Crippen LogP contribution in [0.3, 0.4) is 0 Å². The molecule has 2 heterocycles. The lowest BCUT2D eigenvalue weighted by Gasteiger charge is -2.32. The van der Waals surface area contributed by atoms with Gasteiger partial charge in [-0.1, -0.05) is 6.07 Å². The number of rotatable bonds is 3. The summed E-state index contributed by atoms with van der Waals surface area (Å²) in [5, 5.41) is 2.14. The van der Waals surface area contributed by atoms with Gasteiger partial charge in [0.05, 0.1) is 6.04 Å². The van der Waals surface area contributed by atoms with E-state index in [0.29, 0.717) is 6.04 Å². The predicted octanol–water partition coefficient (Wildman–Crippen LogP) is 1.80. The number of nitrogens with two attached hydrogens (primary N) is 1. The van der Waals surface area contributed by atoms with Gasteiger partial charge in [-0.2, -0.15) is 11.8 Å². The van der Waals surface area contributed by atoms with Crippen molar-refractivity contribution >= 4 is 23.1 Å². The molecule has 0 spiro atoms. The van der Waals surface area contributed by atoms with Crippen molar-refractivity contribution in [1.82, 2.24) is 4.90 Å². The first-order chi connectivity index (χ1) is 6.92. The molecule has 14 heavy (non-hydrogen) atoms. The van der Waals surface area contributed by atoms with Gasteiger partial charge >= 0.3 is 0 Å². The highest BCUT2D eigenvalue weighted by atomic mass is 32.2. The normalized spacial score (nSPS) is 20.9. The molecule has 2 nitrogen and oxygen atoms in total. The zero-order valence-corrected chi connectivity index (χ0v) is 9.82. The van der Waals surface area contributed by atoms with E-state index in [2.05, 4.69) is 22.4 Å². The highest BCUT2D eigenvalue weighted by Gasteiger charge is 2.21. The molecular weight excluding hydrogens is 212 g/mol. The summed E-state index contributed by atoms with van der Waals surface area (Å²) in [5.41, 5.74) is 5.85. The molecule has 1 aromatic rings. The maximum absolute atomic E-state index is 5.85. The van der Waals surface area contributed by atoms with Crippen LogP contribution < -0.4 is 5.73 Å². The Bertz CT molecular complexity index is 255. The topological polar surface area (TPSA) is 29.3 Å². The average Bonchev–Trinajstić information content (AvgIpc) is 2.74. The summed E-state index contributed by atoms with van der Waals surface area (Å²) in [6.07, 6.45) is 0. The van der Waals surface area contributed by atoms with Gasteiger partial charge in [0, 0.05) is 36.0 Å². The Hall–Kier alpha value is -0.0300. The molecule has 0 aliphatic carbocycles. The minimum Gasteiger partial charge on any atom is -0.329 e. The molecule has 4 heteroatoms. The summed E-state index contributed by atoms with van der Waals surface area (Å²) in [6, 6.07) is 4.77. The lowest BCUT2D eigenvalue weighted by Crippen LogP contribution is -2.39. The van der Waals surface area contributed by atoms with Crippen molar-refractivity contribution in [2.24, 2.45) is 5.73 Å². The van der Waals surface area contributed by atoms with Crippen LogP contribution in [0.1, 0.15) is 10.9 Å². The Kier molecular flexibility index (Phi) is 3.87. The van der Waals surface area contributed by atoms with E-state index in [9.17, 15) is 0 Å². The van der Waals surface area contributed by atoms with E-state index in [-0.39, 0.29) is 0 Å². The Labute approximate surface area is 93.5 Å². The first-order valence-corrected chi connectivity index (χ1v) is 7.00. The minimum atomic E-state index is 0.455. The Morgan fingerprint density at radius 2 is 2.21 bits per heavy atom. The molecule has 1 unspecified atom stereocenters. The van der Waals surface area contributed by atoms with Gasteiger partial charge in [-0.05, 0) is 11.4 Å². The number of hydrogen-bond donors (Lipinski definition) is 1. The molecule has 0 aromatic carbocycles. The van der Waals surface area contributed by atoms with Crippen LogP contribution in [0.2, 0.25) is 0 Å². The maximum atomic E-state index is 5.85. The number of nitrogens with zero attached hydrogens (tertiary/aromatic N) is 1. The van der Waals surface area contributed by atoms with Crippen molar-refractivity contribution in [2.45, 2.75) is 6.04 Å². The molecule has 0 saturated carbocycles. The Balaban J connectivity index is 2.04. The lowest BCUT2D eigenvalue weighted by molar-refractivity contribution is 0.226. The summed E-state index contributed by atoms with van der Waals surface area (Å²) in [6.45, 7) is 3.11. The van der Waals surface area contributed by atoms with E-state index in [1.54, 1.807) is 0 Å². The molecular formula is C10H16N2S2. The first-order valence-electron chi connectivity index (χ1n) is 4.97. The monoisotopic (exact) mass is 228 g/mol. The van der Waals surface area contributed by atoms with Gasteiger partial charge in [0.25, 0.3) is 0 Å². The van der Waals surface area contributed by atoms with Crippen LogP contribution in [0.4, 0.5) is 0 Å². The van der Waals surface area contributed by atoms with Crippen molar-refractivity contribution in [2.75, 3.05) is 31.1 Å². The minimum absolute atomic E-state index is 0.455. The molecule has 0 radical (unpaired) electrons. The van der Waals surface area contributed by atoms with Crippen LogP contribution in [0.5, 0.6) is 0 Å². The Morgan fingerprint density at radius 1 is 1.43 bits per heavy atom. The molecule has 0 bridgehead atoms. The molecule has 2 rings (SSSR count). The standard InChI is InChI=1S/C10H16N2S2/c11-8-9(10-2-1-5-14-10)12-3-6-13-7-4-12/h1-2,5,9H,3-4,6-8,11H2. The van der Waals surface area contributed by atoms with Crippen LogP contribution in [0.25, 0.3) is 0 Å². The molecule has 1 atom stereocenters. The van der Waals surface area contributed by atoms with Gasteiger partial charge in [-0.3, -0.25) is 4.90 Å². The van der Waals surface area contributed by atoms with Crippen LogP contribution in [-0.2, 0) is 0 Å². The third kappa shape index (κ3) is 2.31. The highest BCUT2D eigenvalue weighted by molar-refractivity contribution is 7.99. The largest absolute Gasteiger partial charge is 0.329 e. The van der Waals surface area contributed by atoms with Gasteiger partial charge in [0.15, 0.2) is 0 Å². The fourth-order valence-electron chi connectivity index (χ4n) is 1.82. The third-order valence-corrected chi connectivity index (χ3v) is 4.50. The Morgan fingerprint density at radius 3 is 2.79 bits per heavy atom. The van der Waals surface area contributed by atoms with Crippen LogP contribution >= 0.6 is 23.1 Å². The van der Waals surface area contributed by atoms with E-state index in [4.69, 9.17) is 5.73 Å². The number of hydrogen-bond acceptors (Lipinski definition) is 4. The van der Waals surface area contributed by atoms with Crippen molar-refractivity contribution in [3.05, 3.63) is 22.4 Å². The fourth-order valence-corrected chi connectivity index (χ4v) is 3.62. The predicted molar refractivity (Wildman–Crippen MR) is 65.0 cm³/mol. The van der Waals surface area contributed by atoms with Crippen LogP contribution in [0, 0.1) is 0 Å².